The molecule has 1 aliphatic heterocycles. The van der Waals surface area contributed by atoms with E-state index in [1.165, 1.54) is 0 Å². The summed E-state index contributed by atoms with van der Waals surface area (Å²) in [5, 5.41) is 10.2. The molecule has 2 N–H and O–H groups in total. The minimum absolute atomic E-state index is 0.357. The average molecular weight is 300 g/mol. The van der Waals surface area contributed by atoms with Crippen molar-refractivity contribution in [1.29, 1.82) is 0 Å². The molecule has 7 heteroatoms. The standard InChI is InChI=1S/C13H24N4O2S/c1-4-6-14-8-12-13(11(3)15-16-12)20(18,19)17-7-5-10(2)9-17/h10,14H,4-9H2,1-3H3,(H,15,16). The SMILES string of the molecule is CCCNCc1n[nH]c(C)c1S(=O)(=O)N1CCC(C)C1. The van der Waals surface area contributed by atoms with E-state index in [9.17, 15) is 8.42 Å². The second-order valence-electron chi connectivity index (χ2n) is 5.56. The molecule has 2 rings (SSSR count). The van der Waals surface area contributed by atoms with Crippen LogP contribution >= 0.6 is 0 Å². The Labute approximate surface area is 121 Å². The summed E-state index contributed by atoms with van der Waals surface area (Å²) in [6, 6.07) is 0. The van der Waals surface area contributed by atoms with Crippen molar-refractivity contribution >= 4 is 10.0 Å². The van der Waals surface area contributed by atoms with Crippen LogP contribution in [0.3, 0.4) is 0 Å². The van der Waals surface area contributed by atoms with Crippen LogP contribution in [0.25, 0.3) is 0 Å². The van der Waals surface area contributed by atoms with Gasteiger partial charge in [0, 0.05) is 19.6 Å². The summed E-state index contributed by atoms with van der Waals surface area (Å²) in [6.45, 7) is 8.48. The maximum Gasteiger partial charge on any atom is 0.246 e. The largest absolute Gasteiger partial charge is 0.311 e. The van der Waals surface area contributed by atoms with Gasteiger partial charge in [0.25, 0.3) is 0 Å². The van der Waals surface area contributed by atoms with E-state index in [0.717, 1.165) is 19.4 Å². The van der Waals surface area contributed by atoms with Gasteiger partial charge < -0.3 is 5.32 Å². The lowest BCUT2D eigenvalue weighted by molar-refractivity contribution is 0.463. The fourth-order valence-corrected chi connectivity index (χ4v) is 4.46. The highest BCUT2D eigenvalue weighted by Gasteiger charge is 2.34. The monoisotopic (exact) mass is 300 g/mol. The van der Waals surface area contributed by atoms with Crippen molar-refractivity contribution in [3.63, 3.8) is 0 Å². The number of aromatic amines is 1. The van der Waals surface area contributed by atoms with E-state index in [2.05, 4.69) is 29.4 Å². The van der Waals surface area contributed by atoms with E-state index in [-0.39, 0.29) is 0 Å². The molecule has 0 bridgehead atoms. The predicted octanol–water partition coefficient (Wildman–Crippen LogP) is 1.25. The summed E-state index contributed by atoms with van der Waals surface area (Å²) in [5.74, 6) is 0.429. The third kappa shape index (κ3) is 3.05. The van der Waals surface area contributed by atoms with Gasteiger partial charge in [-0.05, 0) is 32.2 Å². The molecular weight excluding hydrogens is 276 g/mol. The Morgan fingerprint density at radius 1 is 1.50 bits per heavy atom. The molecule has 1 aromatic rings. The zero-order valence-electron chi connectivity index (χ0n) is 12.4. The van der Waals surface area contributed by atoms with Crippen LogP contribution < -0.4 is 5.32 Å². The van der Waals surface area contributed by atoms with E-state index in [0.29, 0.717) is 41.8 Å². The highest BCUT2D eigenvalue weighted by Crippen LogP contribution is 2.27. The lowest BCUT2D eigenvalue weighted by Crippen LogP contribution is -2.30. The Balaban J connectivity index is 2.24. The van der Waals surface area contributed by atoms with Crippen LogP contribution in [0.1, 0.15) is 38.1 Å². The molecule has 1 aliphatic rings. The zero-order chi connectivity index (χ0) is 14.8. The van der Waals surface area contributed by atoms with Gasteiger partial charge in [-0.3, -0.25) is 5.10 Å². The fourth-order valence-electron chi connectivity index (χ4n) is 2.56. The van der Waals surface area contributed by atoms with Gasteiger partial charge in [-0.1, -0.05) is 13.8 Å². The zero-order valence-corrected chi connectivity index (χ0v) is 13.3. The molecule has 0 aliphatic carbocycles. The van der Waals surface area contributed by atoms with Gasteiger partial charge in [-0.25, -0.2) is 8.42 Å². The molecule has 0 radical (unpaired) electrons. The fraction of sp³-hybridized carbons (Fsp3) is 0.769. The van der Waals surface area contributed by atoms with Gasteiger partial charge in [0.2, 0.25) is 10.0 Å². The Kier molecular flexibility index (Phi) is 4.82. The molecule has 0 amide bonds. The van der Waals surface area contributed by atoms with Crippen molar-refractivity contribution < 1.29 is 8.42 Å². The molecule has 2 heterocycles. The van der Waals surface area contributed by atoms with E-state index in [1.54, 1.807) is 11.2 Å². The summed E-state index contributed by atoms with van der Waals surface area (Å²) in [7, 11) is -3.43. The summed E-state index contributed by atoms with van der Waals surface area (Å²) >= 11 is 0. The van der Waals surface area contributed by atoms with Gasteiger partial charge in [-0.2, -0.15) is 9.40 Å². The van der Waals surface area contributed by atoms with Crippen LogP contribution in [-0.2, 0) is 16.6 Å². The van der Waals surface area contributed by atoms with E-state index < -0.39 is 10.0 Å². The molecule has 1 saturated heterocycles. The average Bonchev–Trinajstić information content (AvgIpc) is 2.97. The van der Waals surface area contributed by atoms with E-state index >= 15 is 0 Å². The third-order valence-corrected chi connectivity index (χ3v) is 5.73. The molecule has 1 aromatic heterocycles. The molecule has 1 atom stereocenters. The maximum absolute atomic E-state index is 12.8. The van der Waals surface area contributed by atoms with Gasteiger partial charge in [0.1, 0.15) is 4.90 Å². The number of hydrogen-bond donors (Lipinski definition) is 2. The van der Waals surface area contributed by atoms with Crippen molar-refractivity contribution in [3.8, 4) is 0 Å². The van der Waals surface area contributed by atoms with Gasteiger partial charge in [-0.15, -0.1) is 0 Å². The Morgan fingerprint density at radius 3 is 2.85 bits per heavy atom. The summed E-state index contributed by atoms with van der Waals surface area (Å²) in [6.07, 6.45) is 1.94. The summed E-state index contributed by atoms with van der Waals surface area (Å²) in [5.41, 5.74) is 1.22. The lowest BCUT2D eigenvalue weighted by atomic mass is 10.2. The van der Waals surface area contributed by atoms with Crippen LogP contribution in [0.15, 0.2) is 4.90 Å². The van der Waals surface area contributed by atoms with Gasteiger partial charge >= 0.3 is 0 Å². The molecule has 0 aromatic carbocycles. The van der Waals surface area contributed by atoms with Crippen molar-refractivity contribution in [1.82, 2.24) is 19.8 Å². The molecule has 0 saturated carbocycles. The highest BCUT2D eigenvalue weighted by molar-refractivity contribution is 7.89. The van der Waals surface area contributed by atoms with Crippen molar-refractivity contribution in [2.45, 2.75) is 45.1 Å². The number of nitrogens with one attached hydrogen (secondary N) is 2. The predicted molar refractivity (Wildman–Crippen MR) is 77.9 cm³/mol. The number of sulfonamides is 1. The molecule has 6 nitrogen and oxygen atoms in total. The highest BCUT2D eigenvalue weighted by atomic mass is 32.2. The number of H-pyrrole nitrogens is 1. The molecule has 20 heavy (non-hydrogen) atoms. The number of hydrogen-bond acceptors (Lipinski definition) is 4. The van der Waals surface area contributed by atoms with Crippen LogP contribution in [0.4, 0.5) is 0 Å². The first-order valence-corrected chi connectivity index (χ1v) is 8.65. The van der Waals surface area contributed by atoms with Crippen LogP contribution in [0.2, 0.25) is 0 Å². The Bertz CT molecular complexity index is 553. The van der Waals surface area contributed by atoms with E-state index in [1.807, 2.05) is 0 Å². The molecular formula is C13H24N4O2S. The van der Waals surface area contributed by atoms with E-state index in [4.69, 9.17) is 0 Å². The first-order chi connectivity index (χ1) is 9.46. The molecule has 114 valence electrons. The van der Waals surface area contributed by atoms with Gasteiger partial charge in [0.05, 0.1) is 11.4 Å². The Hall–Kier alpha value is -0.920. The van der Waals surface area contributed by atoms with Crippen LogP contribution in [-0.4, -0.2) is 42.6 Å². The van der Waals surface area contributed by atoms with Gasteiger partial charge in [0.15, 0.2) is 0 Å². The molecule has 1 unspecified atom stereocenters. The maximum atomic E-state index is 12.8. The smallest absolute Gasteiger partial charge is 0.246 e. The number of nitrogens with zero attached hydrogens (tertiary/aromatic N) is 2. The first-order valence-electron chi connectivity index (χ1n) is 7.21. The first kappa shape index (κ1) is 15.5. The lowest BCUT2D eigenvalue weighted by Gasteiger charge is -2.16. The number of aryl methyl sites for hydroxylation is 1. The summed E-state index contributed by atoms with van der Waals surface area (Å²) < 4.78 is 27.1. The Morgan fingerprint density at radius 2 is 2.25 bits per heavy atom. The second kappa shape index (κ2) is 6.24. The second-order valence-corrected chi connectivity index (χ2v) is 7.43. The van der Waals surface area contributed by atoms with Crippen molar-refractivity contribution in [2.75, 3.05) is 19.6 Å². The molecule has 1 fully saturated rings. The minimum atomic E-state index is -3.43. The third-order valence-electron chi connectivity index (χ3n) is 3.66. The van der Waals surface area contributed by atoms with Crippen molar-refractivity contribution in [3.05, 3.63) is 11.4 Å². The summed E-state index contributed by atoms with van der Waals surface area (Å²) in [4.78, 5) is 0.357. The molecule has 0 spiro atoms. The quantitative estimate of drug-likeness (QED) is 0.775. The van der Waals surface area contributed by atoms with Crippen molar-refractivity contribution in [2.24, 2.45) is 5.92 Å². The number of rotatable bonds is 6. The van der Waals surface area contributed by atoms with Crippen LogP contribution in [0.5, 0.6) is 0 Å². The normalized spacial score (nSPS) is 20.6. The topological polar surface area (TPSA) is 78.1 Å². The van der Waals surface area contributed by atoms with Crippen LogP contribution in [0, 0.1) is 12.8 Å². The minimum Gasteiger partial charge on any atom is -0.311 e. The number of aromatic nitrogens is 2.